The van der Waals surface area contributed by atoms with Crippen LogP contribution in [0.15, 0.2) is 54.0 Å². The van der Waals surface area contributed by atoms with Crippen LogP contribution in [0.3, 0.4) is 0 Å². The van der Waals surface area contributed by atoms with Crippen molar-refractivity contribution in [3.05, 3.63) is 75.9 Å². The highest BCUT2D eigenvalue weighted by Crippen LogP contribution is 2.39. The number of hydrogen-bond donors (Lipinski definition) is 1. The summed E-state index contributed by atoms with van der Waals surface area (Å²) in [7, 11) is 0. The Balaban J connectivity index is 0.00000241. The molecular formula is C22H19ClN8O2S. The van der Waals surface area contributed by atoms with Gasteiger partial charge in [0.25, 0.3) is 5.56 Å². The summed E-state index contributed by atoms with van der Waals surface area (Å²) in [6.45, 7) is 2.19. The fraction of sp³-hybridized carbons (Fsp3) is 0.182. The summed E-state index contributed by atoms with van der Waals surface area (Å²) in [5.74, 6) is 1.50. The number of carbonyl (C=O) groups is 1. The summed E-state index contributed by atoms with van der Waals surface area (Å²) >= 11 is 6.28. The van der Waals surface area contributed by atoms with Gasteiger partial charge in [0.05, 0.1) is 16.5 Å². The van der Waals surface area contributed by atoms with Crippen molar-refractivity contribution in [1.29, 1.82) is 0 Å². The number of aromatic nitrogens is 7. The Bertz CT molecular complexity index is 1610. The van der Waals surface area contributed by atoms with Crippen LogP contribution in [0.1, 0.15) is 35.6 Å². The first-order valence-electron chi connectivity index (χ1n) is 10.4. The molecule has 1 atom stereocenters. The van der Waals surface area contributed by atoms with E-state index in [2.05, 4.69) is 19.9 Å². The maximum Gasteiger partial charge on any atom is 0.285 e. The molecule has 1 aliphatic heterocycles. The molecule has 172 valence electrons. The zero-order valence-corrected chi connectivity index (χ0v) is 19.7. The first-order valence-corrected chi connectivity index (χ1v) is 10.7. The number of halogens is 1. The fourth-order valence-corrected chi connectivity index (χ4v) is 4.55. The molecule has 0 aliphatic carbocycles. The van der Waals surface area contributed by atoms with Crippen LogP contribution in [-0.4, -0.2) is 46.4 Å². The van der Waals surface area contributed by atoms with Crippen LogP contribution in [0, 0.1) is 0 Å². The van der Waals surface area contributed by atoms with E-state index in [9.17, 15) is 9.59 Å². The van der Waals surface area contributed by atoms with Gasteiger partial charge >= 0.3 is 0 Å². The van der Waals surface area contributed by atoms with Gasteiger partial charge in [-0.25, -0.2) is 24.0 Å². The molecule has 6 heterocycles. The molecule has 0 amide bonds. The third kappa shape index (κ3) is 3.19. The van der Waals surface area contributed by atoms with Gasteiger partial charge in [0.1, 0.15) is 29.1 Å². The molecule has 5 aromatic heterocycles. The summed E-state index contributed by atoms with van der Waals surface area (Å²) in [4.78, 5) is 43.9. The van der Waals surface area contributed by atoms with Gasteiger partial charge in [-0.2, -0.15) is 18.6 Å². The van der Waals surface area contributed by atoms with Gasteiger partial charge in [0.15, 0.2) is 11.6 Å². The number of carbonyl (C=O) groups excluding carboxylic acids is 1. The molecule has 0 spiro atoms. The van der Waals surface area contributed by atoms with Crippen molar-refractivity contribution >= 4 is 53.2 Å². The van der Waals surface area contributed by atoms with Crippen LogP contribution < -0.4 is 10.5 Å². The van der Waals surface area contributed by atoms with Crippen LogP contribution in [-0.2, 0) is 0 Å². The number of rotatable bonds is 4. The number of hydrogen-bond acceptors (Lipinski definition) is 7. The van der Waals surface area contributed by atoms with Crippen molar-refractivity contribution < 1.29 is 4.79 Å². The fourth-order valence-electron chi connectivity index (χ4n) is 4.32. The molecule has 0 aromatic carbocycles. The highest BCUT2D eigenvalue weighted by Gasteiger charge is 2.37. The van der Waals surface area contributed by atoms with Gasteiger partial charge < -0.3 is 9.88 Å². The van der Waals surface area contributed by atoms with Crippen LogP contribution in [0.5, 0.6) is 0 Å². The predicted molar refractivity (Wildman–Crippen MR) is 133 cm³/mol. The predicted octanol–water partition coefficient (Wildman–Crippen LogP) is 3.07. The number of nitrogens with one attached hydrogen (secondary N) is 1. The standard InChI is InChI=1S/C22H17ClN8O2.H2S/c1-12(32)13-10-25-19-17(13)21(27-11-26-19)29-8-6-15(29)20-28-30-9-5-14(23)18(30)22(33)31(20)16-4-2-3-7-24-16;/h2-5,7,9-11,15H,6,8H2,1H3,(H,25,26,27);1H2/t15-;/m0./s1. The Morgan fingerprint density at radius 3 is 2.76 bits per heavy atom. The molecule has 0 radical (unpaired) electrons. The smallest absolute Gasteiger partial charge is 0.285 e. The Labute approximate surface area is 204 Å². The Morgan fingerprint density at radius 2 is 2.06 bits per heavy atom. The van der Waals surface area contributed by atoms with Crippen LogP contribution in [0.4, 0.5) is 5.82 Å². The Hall–Kier alpha value is -3.70. The van der Waals surface area contributed by atoms with E-state index in [4.69, 9.17) is 16.7 Å². The largest absolute Gasteiger partial charge is 0.345 e. The molecule has 6 rings (SSSR count). The molecule has 1 aliphatic rings. The zero-order valence-electron chi connectivity index (χ0n) is 17.9. The van der Waals surface area contributed by atoms with E-state index in [0.29, 0.717) is 45.6 Å². The van der Waals surface area contributed by atoms with Gasteiger partial charge in [-0.15, -0.1) is 0 Å². The van der Waals surface area contributed by atoms with Crippen molar-refractivity contribution in [3.8, 4) is 5.82 Å². The van der Waals surface area contributed by atoms with Gasteiger partial charge in [0.2, 0.25) is 0 Å². The number of H-pyrrole nitrogens is 1. The zero-order chi connectivity index (χ0) is 22.7. The number of nitrogens with zero attached hydrogens (tertiary/aromatic N) is 7. The Morgan fingerprint density at radius 1 is 1.21 bits per heavy atom. The van der Waals surface area contributed by atoms with Crippen LogP contribution in [0.2, 0.25) is 5.02 Å². The maximum absolute atomic E-state index is 13.5. The van der Waals surface area contributed by atoms with Crippen LogP contribution in [0.25, 0.3) is 22.4 Å². The molecular weight excluding hydrogens is 476 g/mol. The van der Waals surface area contributed by atoms with E-state index in [1.165, 1.54) is 22.3 Å². The molecule has 10 nitrogen and oxygen atoms in total. The number of aromatic amines is 1. The SMILES string of the molecule is CC(=O)c1c[nH]c2ncnc(N3CC[C@H]3c3nn4ccc(Cl)c4c(=O)n3-c3ccccn3)c12.S. The van der Waals surface area contributed by atoms with Crippen LogP contribution >= 0.6 is 25.1 Å². The normalized spacial score (nSPS) is 15.4. The minimum Gasteiger partial charge on any atom is -0.345 e. The lowest BCUT2D eigenvalue weighted by Crippen LogP contribution is -2.45. The summed E-state index contributed by atoms with van der Waals surface area (Å²) in [6.07, 6.45) is 7.14. The van der Waals surface area contributed by atoms with Gasteiger partial charge in [-0.05, 0) is 31.5 Å². The molecule has 0 bridgehead atoms. The second kappa shape index (κ2) is 8.26. The highest BCUT2D eigenvalue weighted by atomic mass is 35.5. The monoisotopic (exact) mass is 494 g/mol. The minimum atomic E-state index is -0.306. The average Bonchev–Trinajstić information content (AvgIpc) is 3.38. The first kappa shape index (κ1) is 22.1. The molecule has 1 saturated heterocycles. The first-order chi connectivity index (χ1) is 16.0. The molecule has 1 N–H and O–H groups in total. The summed E-state index contributed by atoms with van der Waals surface area (Å²) < 4.78 is 3.00. The number of Topliss-reactive ketones (excluding diaryl/α,β-unsaturated/α-hetero) is 1. The molecule has 34 heavy (non-hydrogen) atoms. The molecule has 1 fully saturated rings. The molecule has 12 heteroatoms. The third-order valence-corrected chi connectivity index (χ3v) is 6.26. The van der Waals surface area contributed by atoms with Gasteiger partial charge in [0, 0.05) is 30.7 Å². The lowest BCUT2D eigenvalue weighted by Gasteiger charge is -2.42. The summed E-state index contributed by atoms with van der Waals surface area (Å²) in [5, 5.41) is 5.73. The van der Waals surface area contributed by atoms with Gasteiger partial charge in [-0.3, -0.25) is 9.59 Å². The van der Waals surface area contributed by atoms with Gasteiger partial charge in [-0.1, -0.05) is 17.7 Å². The number of pyridine rings is 1. The van der Waals surface area contributed by atoms with Crippen molar-refractivity contribution in [2.45, 2.75) is 19.4 Å². The number of ketones is 1. The highest BCUT2D eigenvalue weighted by molar-refractivity contribution is 7.59. The van der Waals surface area contributed by atoms with Crippen molar-refractivity contribution in [3.63, 3.8) is 0 Å². The molecule has 0 unspecified atom stereocenters. The van der Waals surface area contributed by atoms with E-state index < -0.39 is 0 Å². The second-order valence-electron chi connectivity index (χ2n) is 7.82. The van der Waals surface area contributed by atoms with E-state index in [-0.39, 0.29) is 36.4 Å². The van der Waals surface area contributed by atoms with E-state index in [1.807, 2.05) is 11.0 Å². The lowest BCUT2D eigenvalue weighted by molar-refractivity contribution is 0.101. The third-order valence-electron chi connectivity index (χ3n) is 5.96. The van der Waals surface area contributed by atoms with Crippen molar-refractivity contribution in [2.24, 2.45) is 0 Å². The maximum atomic E-state index is 13.5. The van der Waals surface area contributed by atoms with E-state index in [0.717, 1.165) is 6.42 Å². The number of fused-ring (bicyclic) bond motifs is 2. The quantitative estimate of drug-likeness (QED) is 0.382. The number of anilines is 1. The lowest BCUT2D eigenvalue weighted by atomic mass is 10.0. The second-order valence-corrected chi connectivity index (χ2v) is 8.23. The topological polar surface area (TPSA) is 114 Å². The minimum absolute atomic E-state index is 0. The Kier molecular flexibility index (Phi) is 5.37. The average molecular weight is 495 g/mol. The summed E-state index contributed by atoms with van der Waals surface area (Å²) in [5.41, 5.74) is 1.08. The molecule has 5 aromatic rings. The van der Waals surface area contributed by atoms with E-state index in [1.54, 1.807) is 36.8 Å². The molecule has 0 saturated carbocycles. The summed E-state index contributed by atoms with van der Waals surface area (Å²) in [6, 6.07) is 6.73. The van der Waals surface area contributed by atoms with Crippen molar-refractivity contribution in [1.82, 2.24) is 34.1 Å². The van der Waals surface area contributed by atoms with Crippen molar-refractivity contribution in [2.75, 3.05) is 11.4 Å². The van der Waals surface area contributed by atoms with E-state index >= 15 is 0 Å².